The quantitative estimate of drug-likeness (QED) is 0.830. The van der Waals surface area contributed by atoms with Crippen LogP contribution in [-0.2, 0) is 11.2 Å². The van der Waals surface area contributed by atoms with Gasteiger partial charge in [-0.2, -0.15) is 0 Å². The number of alkyl halides is 1. The first kappa shape index (κ1) is 13.5. The van der Waals surface area contributed by atoms with Gasteiger partial charge in [-0.3, -0.25) is 4.79 Å². The van der Waals surface area contributed by atoms with Gasteiger partial charge in [0.1, 0.15) is 11.9 Å². The topological polar surface area (TPSA) is 46.5 Å². The SMILES string of the molecule is COc1ccc(C(C)F)cc1CCCC(=O)O. The molecule has 0 radical (unpaired) electrons. The summed E-state index contributed by atoms with van der Waals surface area (Å²) < 4.78 is 18.3. The van der Waals surface area contributed by atoms with Gasteiger partial charge in [-0.1, -0.05) is 6.07 Å². The number of hydrogen-bond donors (Lipinski definition) is 1. The molecule has 0 saturated heterocycles. The van der Waals surface area contributed by atoms with Gasteiger partial charge in [0, 0.05) is 6.42 Å². The standard InChI is InChI=1S/C13H17FO3/c1-9(14)10-6-7-12(17-2)11(8-10)4-3-5-13(15)16/h6-9H,3-5H2,1-2H3,(H,15,16). The molecular formula is C13H17FO3. The second-order valence-corrected chi connectivity index (χ2v) is 3.93. The fraction of sp³-hybridized carbons (Fsp3) is 0.462. The number of aliphatic carboxylic acids is 1. The van der Waals surface area contributed by atoms with E-state index in [1.807, 2.05) is 0 Å². The van der Waals surface area contributed by atoms with Gasteiger partial charge in [0.05, 0.1) is 7.11 Å². The molecule has 0 aliphatic heterocycles. The Morgan fingerprint density at radius 3 is 2.76 bits per heavy atom. The third-order valence-corrected chi connectivity index (χ3v) is 2.60. The van der Waals surface area contributed by atoms with Gasteiger partial charge in [0.25, 0.3) is 0 Å². The molecule has 0 bridgehead atoms. The van der Waals surface area contributed by atoms with E-state index in [1.54, 1.807) is 25.3 Å². The minimum absolute atomic E-state index is 0.110. The van der Waals surface area contributed by atoms with Crippen molar-refractivity contribution in [1.29, 1.82) is 0 Å². The largest absolute Gasteiger partial charge is 0.496 e. The number of halogens is 1. The van der Waals surface area contributed by atoms with Crippen LogP contribution in [0.5, 0.6) is 5.75 Å². The lowest BCUT2D eigenvalue weighted by molar-refractivity contribution is -0.137. The summed E-state index contributed by atoms with van der Waals surface area (Å²) in [6, 6.07) is 5.15. The normalized spacial score (nSPS) is 12.2. The zero-order valence-electron chi connectivity index (χ0n) is 10.1. The van der Waals surface area contributed by atoms with Gasteiger partial charge in [-0.05, 0) is 43.0 Å². The Hall–Kier alpha value is -1.58. The van der Waals surface area contributed by atoms with E-state index >= 15 is 0 Å². The summed E-state index contributed by atoms with van der Waals surface area (Å²) in [4.78, 5) is 10.4. The molecule has 1 rings (SSSR count). The number of methoxy groups -OCH3 is 1. The van der Waals surface area contributed by atoms with Crippen molar-refractivity contribution < 1.29 is 19.0 Å². The van der Waals surface area contributed by atoms with Crippen molar-refractivity contribution in [3.63, 3.8) is 0 Å². The molecule has 1 N–H and O–H groups in total. The van der Waals surface area contributed by atoms with E-state index in [2.05, 4.69) is 0 Å². The van der Waals surface area contributed by atoms with Gasteiger partial charge < -0.3 is 9.84 Å². The van der Waals surface area contributed by atoms with Crippen molar-refractivity contribution in [2.75, 3.05) is 7.11 Å². The van der Waals surface area contributed by atoms with E-state index in [4.69, 9.17) is 9.84 Å². The zero-order chi connectivity index (χ0) is 12.8. The van der Waals surface area contributed by atoms with Gasteiger partial charge in [0.15, 0.2) is 0 Å². The summed E-state index contributed by atoms with van der Waals surface area (Å²) in [7, 11) is 1.55. The number of carboxylic acid groups (broad SMARTS) is 1. The molecule has 0 saturated carbocycles. The summed E-state index contributed by atoms with van der Waals surface area (Å²) in [5.74, 6) is -0.140. The predicted molar refractivity (Wildman–Crippen MR) is 63.1 cm³/mol. The van der Waals surface area contributed by atoms with Crippen LogP contribution < -0.4 is 4.74 Å². The van der Waals surface area contributed by atoms with Gasteiger partial charge in [-0.25, -0.2) is 4.39 Å². The molecule has 0 spiro atoms. The first-order valence-corrected chi connectivity index (χ1v) is 5.57. The summed E-state index contributed by atoms with van der Waals surface area (Å²) in [5, 5.41) is 8.57. The number of aryl methyl sites for hydroxylation is 1. The van der Waals surface area contributed by atoms with Gasteiger partial charge in [-0.15, -0.1) is 0 Å². The van der Waals surface area contributed by atoms with Crippen LogP contribution in [0.1, 0.15) is 37.1 Å². The van der Waals surface area contributed by atoms with E-state index in [9.17, 15) is 9.18 Å². The molecule has 1 aromatic rings. The number of benzene rings is 1. The molecule has 0 aromatic heterocycles. The minimum Gasteiger partial charge on any atom is -0.496 e. The number of ether oxygens (including phenoxy) is 1. The Morgan fingerprint density at radius 2 is 2.24 bits per heavy atom. The molecule has 0 aliphatic carbocycles. The Labute approximate surface area is 100 Å². The Bertz CT molecular complexity index is 388. The fourth-order valence-corrected chi connectivity index (χ4v) is 1.67. The molecule has 0 amide bonds. The zero-order valence-corrected chi connectivity index (χ0v) is 10.1. The Balaban J connectivity index is 2.79. The van der Waals surface area contributed by atoms with Crippen molar-refractivity contribution in [1.82, 2.24) is 0 Å². The molecule has 0 aliphatic rings. The summed E-state index contributed by atoms with van der Waals surface area (Å²) in [6.07, 6.45) is 0.184. The van der Waals surface area contributed by atoms with Crippen LogP contribution in [0.25, 0.3) is 0 Å². The smallest absolute Gasteiger partial charge is 0.303 e. The van der Waals surface area contributed by atoms with Crippen LogP contribution in [0.2, 0.25) is 0 Å². The highest BCUT2D eigenvalue weighted by molar-refractivity contribution is 5.66. The predicted octanol–water partition coefficient (Wildman–Crippen LogP) is 3.13. The lowest BCUT2D eigenvalue weighted by atomic mass is 10.0. The van der Waals surface area contributed by atoms with Crippen molar-refractivity contribution in [2.45, 2.75) is 32.4 Å². The van der Waals surface area contributed by atoms with E-state index in [0.29, 0.717) is 24.2 Å². The molecule has 17 heavy (non-hydrogen) atoms. The van der Waals surface area contributed by atoms with Crippen molar-refractivity contribution >= 4 is 5.97 Å². The molecule has 0 heterocycles. The highest BCUT2D eigenvalue weighted by Gasteiger charge is 2.09. The third-order valence-electron chi connectivity index (χ3n) is 2.60. The maximum atomic E-state index is 13.2. The summed E-state index contributed by atoms with van der Waals surface area (Å²) in [6.45, 7) is 1.48. The highest BCUT2D eigenvalue weighted by atomic mass is 19.1. The summed E-state index contributed by atoms with van der Waals surface area (Å²) in [5.41, 5.74) is 1.45. The molecule has 94 valence electrons. The molecule has 0 fully saturated rings. The van der Waals surface area contributed by atoms with Crippen LogP contribution in [0.3, 0.4) is 0 Å². The monoisotopic (exact) mass is 240 g/mol. The van der Waals surface area contributed by atoms with Crippen LogP contribution in [0, 0.1) is 0 Å². The van der Waals surface area contributed by atoms with Crippen molar-refractivity contribution in [2.24, 2.45) is 0 Å². The lowest BCUT2D eigenvalue weighted by Crippen LogP contribution is -1.99. The van der Waals surface area contributed by atoms with Crippen molar-refractivity contribution in [3.05, 3.63) is 29.3 Å². The second kappa shape index (κ2) is 6.23. The number of carboxylic acids is 1. The van der Waals surface area contributed by atoms with E-state index in [0.717, 1.165) is 5.56 Å². The maximum Gasteiger partial charge on any atom is 0.303 e. The van der Waals surface area contributed by atoms with E-state index in [-0.39, 0.29) is 6.42 Å². The first-order chi connectivity index (χ1) is 8.04. The molecule has 4 heteroatoms. The average molecular weight is 240 g/mol. The lowest BCUT2D eigenvalue weighted by Gasteiger charge is -2.11. The number of carbonyl (C=O) groups is 1. The molecule has 1 unspecified atom stereocenters. The van der Waals surface area contributed by atoms with Crippen LogP contribution in [-0.4, -0.2) is 18.2 Å². The summed E-state index contributed by atoms with van der Waals surface area (Å²) >= 11 is 0. The van der Waals surface area contributed by atoms with E-state index in [1.165, 1.54) is 6.92 Å². The number of rotatable bonds is 6. The van der Waals surface area contributed by atoms with Gasteiger partial charge >= 0.3 is 5.97 Å². The Morgan fingerprint density at radius 1 is 1.53 bits per heavy atom. The van der Waals surface area contributed by atoms with Crippen LogP contribution in [0.15, 0.2) is 18.2 Å². The third kappa shape index (κ3) is 4.06. The van der Waals surface area contributed by atoms with Gasteiger partial charge in [0.2, 0.25) is 0 Å². The maximum absolute atomic E-state index is 13.2. The fourth-order valence-electron chi connectivity index (χ4n) is 1.67. The Kier molecular flexibility index (Phi) is 4.94. The van der Waals surface area contributed by atoms with E-state index < -0.39 is 12.1 Å². The minimum atomic E-state index is -1.03. The second-order valence-electron chi connectivity index (χ2n) is 3.93. The highest BCUT2D eigenvalue weighted by Crippen LogP contribution is 2.26. The van der Waals surface area contributed by atoms with Crippen LogP contribution >= 0.6 is 0 Å². The number of hydrogen-bond acceptors (Lipinski definition) is 2. The molecule has 1 atom stereocenters. The first-order valence-electron chi connectivity index (χ1n) is 5.57. The molecule has 3 nitrogen and oxygen atoms in total. The average Bonchev–Trinajstić information content (AvgIpc) is 2.28. The molecular weight excluding hydrogens is 223 g/mol. The molecule has 1 aromatic carbocycles. The van der Waals surface area contributed by atoms with Crippen LogP contribution in [0.4, 0.5) is 4.39 Å². The van der Waals surface area contributed by atoms with Crippen molar-refractivity contribution in [3.8, 4) is 5.75 Å².